The van der Waals surface area contributed by atoms with Gasteiger partial charge in [0.2, 0.25) is 0 Å². The SMILES string of the molecule is CCOC(=O)c1cnn(C)c1CNCc1ccc(C)nc1. The van der Waals surface area contributed by atoms with Crippen LogP contribution in [0.2, 0.25) is 0 Å². The first kappa shape index (κ1) is 15.2. The second kappa shape index (κ2) is 6.99. The van der Waals surface area contributed by atoms with Crippen molar-refractivity contribution in [1.29, 1.82) is 0 Å². The topological polar surface area (TPSA) is 69.0 Å². The minimum atomic E-state index is -0.334. The molecule has 2 rings (SSSR count). The van der Waals surface area contributed by atoms with E-state index in [0.29, 0.717) is 25.3 Å². The molecule has 2 heterocycles. The summed E-state index contributed by atoms with van der Waals surface area (Å²) in [5.74, 6) is -0.334. The van der Waals surface area contributed by atoms with Gasteiger partial charge in [-0.05, 0) is 25.5 Å². The predicted molar refractivity (Wildman–Crippen MR) is 78.7 cm³/mol. The second-order valence-electron chi connectivity index (χ2n) is 4.76. The van der Waals surface area contributed by atoms with Crippen LogP contribution in [0.25, 0.3) is 0 Å². The van der Waals surface area contributed by atoms with Gasteiger partial charge in [-0.1, -0.05) is 6.07 Å². The normalized spacial score (nSPS) is 10.6. The van der Waals surface area contributed by atoms with Gasteiger partial charge < -0.3 is 10.1 Å². The largest absolute Gasteiger partial charge is 0.462 e. The minimum Gasteiger partial charge on any atom is -0.462 e. The van der Waals surface area contributed by atoms with Crippen molar-refractivity contribution in [3.05, 3.63) is 47.0 Å². The van der Waals surface area contributed by atoms with Crippen LogP contribution >= 0.6 is 0 Å². The average molecular weight is 288 g/mol. The maximum absolute atomic E-state index is 11.8. The minimum absolute atomic E-state index is 0.334. The Morgan fingerprint density at radius 3 is 2.81 bits per heavy atom. The van der Waals surface area contributed by atoms with Gasteiger partial charge in [0.25, 0.3) is 0 Å². The monoisotopic (exact) mass is 288 g/mol. The lowest BCUT2D eigenvalue weighted by Crippen LogP contribution is -2.18. The van der Waals surface area contributed by atoms with E-state index < -0.39 is 0 Å². The molecule has 2 aromatic heterocycles. The first-order valence-electron chi connectivity index (χ1n) is 6.92. The van der Waals surface area contributed by atoms with Crippen LogP contribution in [0.5, 0.6) is 0 Å². The van der Waals surface area contributed by atoms with Gasteiger partial charge in [0.1, 0.15) is 5.56 Å². The molecule has 0 amide bonds. The maximum Gasteiger partial charge on any atom is 0.341 e. The molecule has 0 bridgehead atoms. The summed E-state index contributed by atoms with van der Waals surface area (Å²) in [6.07, 6.45) is 3.39. The molecule has 1 N–H and O–H groups in total. The summed E-state index contributed by atoms with van der Waals surface area (Å²) < 4.78 is 6.72. The van der Waals surface area contributed by atoms with E-state index in [1.54, 1.807) is 17.8 Å². The van der Waals surface area contributed by atoms with Crippen molar-refractivity contribution in [2.24, 2.45) is 7.05 Å². The third-order valence-electron chi connectivity index (χ3n) is 3.15. The van der Waals surface area contributed by atoms with Crippen molar-refractivity contribution in [1.82, 2.24) is 20.1 Å². The van der Waals surface area contributed by atoms with Gasteiger partial charge in [-0.2, -0.15) is 5.10 Å². The van der Waals surface area contributed by atoms with Gasteiger partial charge in [-0.15, -0.1) is 0 Å². The Kier molecular flexibility index (Phi) is 5.05. The summed E-state index contributed by atoms with van der Waals surface area (Å²) in [7, 11) is 1.81. The van der Waals surface area contributed by atoms with Crippen LogP contribution < -0.4 is 5.32 Å². The highest BCUT2D eigenvalue weighted by Crippen LogP contribution is 2.09. The van der Waals surface area contributed by atoms with Crippen LogP contribution in [0, 0.1) is 6.92 Å². The molecule has 0 saturated carbocycles. The first-order chi connectivity index (χ1) is 10.1. The summed E-state index contributed by atoms with van der Waals surface area (Å²) in [6.45, 7) is 5.32. The van der Waals surface area contributed by atoms with E-state index in [4.69, 9.17) is 4.74 Å². The molecule has 0 fully saturated rings. The first-order valence-corrected chi connectivity index (χ1v) is 6.92. The molecule has 0 spiro atoms. The zero-order valence-corrected chi connectivity index (χ0v) is 12.6. The Morgan fingerprint density at radius 2 is 2.14 bits per heavy atom. The molecule has 2 aromatic rings. The van der Waals surface area contributed by atoms with Crippen molar-refractivity contribution >= 4 is 5.97 Å². The Labute approximate surface area is 124 Å². The number of hydrogen-bond acceptors (Lipinski definition) is 5. The van der Waals surface area contributed by atoms with Crippen molar-refractivity contribution in [3.8, 4) is 0 Å². The molecular formula is C15H20N4O2. The quantitative estimate of drug-likeness (QED) is 0.817. The Morgan fingerprint density at radius 1 is 1.33 bits per heavy atom. The zero-order chi connectivity index (χ0) is 15.2. The van der Waals surface area contributed by atoms with Crippen LogP contribution in [0.15, 0.2) is 24.5 Å². The standard InChI is InChI=1S/C15H20N4O2/c1-4-21-15(20)13-9-18-19(3)14(13)10-16-7-12-6-5-11(2)17-8-12/h5-6,8-9,16H,4,7,10H2,1-3H3. The van der Waals surface area contributed by atoms with E-state index >= 15 is 0 Å². The van der Waals surface area contributed by atoms with Gasteiger partial charge >= 0.3 is 5.97 Å². The second-order valence-corrected chi connectivity index (χ2v) is 4.76. The van der Waals surface area contributed by atoms with E-state index in [1.165, 1.54) is 0 Å². The number of pyridine rings is 1. The molecule has 0 atom stereocenters. The number of aromatic nitrogens is 3. The molecule has 0 aliphatic rings. The van der Waals surface area contributed by atoms with Crippen LogP contribution in [0.4, 0.5) is 0 Å². The number of rotatable bonds is 6. The van der Waals surface area contributed by atoms with Gasteiger partial charge in [0, 0.05) is 32.0 Å². The Hall–Kier alpha value is -2.21. The molecular weight excluding hydrogens is 268 g/mol. The van der Waals surface area contributed by atoms with Crippen LogP contribution in [0.1, 0.15) is 34.2 Å². The molecule has 0 aliphatic carbocycles. The highest BCUT2D eigenvalue weighted by Gasteiger charge is 2.16. The highest BCUT2D eigenvalue weighted by molar-refractivity contribution is 5.90. The van der Waals surface area contributed by atoms with Crippen molar-refractivity contribution in [2.45, 2.75) is 26.9 Å². The molecule has 0 unspecified atom stereocenters. The van der Waals surface area contributed by atoms with Gasteiger partial charge in [-0.3, -0.25) is 9.67 Å². The molecule has 0 aromatic carbocycles. The van der Waals surface area contributed by atoms with Crippen molar-refractivity contribution < 1.29 is 9.53 Å². The van der Waals surface area contributed by atoms with Crippen LogP contribution in [0.3, 0.4) is 0 Å². The smallest absolute Gasteiger partial charge is 0.341 e. The average Bonchev–Trinajstić information content (AvgIpc) is 2.83. The highest BCUT2D eigenvalue weighted by atomic mass is 16.5. The molecule has 0 aliphatic heterocycles. The van der Waals surface area contributed by atoms with Crippen molar-refractivity contribution in [3.63, 3.8) is 0 Å². The molecule has 21 heavy (non-hydrogen) atoms. The number of nitrogens with one attached hydrogen (secondary N) is 1. The lowest BCUT2D eigenvalue weighted by atomic mass is 10.2. The van der Waals surface area contributed by atoms with E-state index in [9.17, 15) is 4.79 Å². The fraction of sp³-hybridized carbons (Fsp3) is 0.400. The summed E-state index contributed by atoms with van der Waals surface area (Å²) in [6, 6.07) is 4.01. The summed E-state index contributed by atoms with van der Waals surface area (Å²) in [4.78, 5) is 16.1. The Balaban J connectivity index is 1.98. The van der Waals surface area contributed by atoms with Gasteiger partial charge in [-0.25, -0.2) is 4.79 Å². The molecule has 0 saturated heterocycles. The fourth-order valence-corrected chi connectivity index (χ4v) is 1.98. The van der Waals surface area contributed by atoms with Crippen LogP contribution in [-0.2, 0) is 24.9 Å². The number of ether oxygens (including phenoxy) is 1. The zero-order valence-electron chi connectivity index (χ0n) is 12.6. The summed E-state index contributed by atoms with van der Waals surface area (Å²) in [5, 5.41) is 7.41. The number of esters is 1. The lowest BCUT2D eigenvalue weighted by molar-refractivity contribution is 0.0524. The molecule has 112 valence electrons. The number of carbonyl (C=O) groups excluding carboxylic acids is 1. The lowest BCUT2D eigenvalue weighted by Gasteiger charge is -2.08. The van der Waals surface area contributed by atoms with E-state index in [0.717, 1.165) is 17.0 Å². The molecule has 6 nitrogen and oxygen atoms in total. The van der Waals surface area contributed by atoms with E-state index in [1.807, 2.05) is 32.3 Å². The van der Waals surface area contributed by atoms with Gasteiger partial charge in [0.15, 0.2) is 0 Å². The van der Waals surface area contributed by atoms with Gasteiger partial charge in [0.05, 0.1) is 18.5 Å². The Bertz CT molecular complexity index is 605. The maximum atomic E-state index is 11.8. The third kappa shape index (κ3) is 3.88. The fourth-order valence-electron chi connectivity index (χ4n) is 1.98. The molecule has 0 radical (unpaired) electrons. The number of aryl methyl sites for hydroxylation is 2. The predicted octanol–water partition coefficient (Wildman–Crippen LogP) is 1.59. The number of hydrogen-bond donors (Lipinski definition) is 1. The number of carbonyl (C=O) groups is 1. The van der Waals surface area contributed by atoms with Crippen LogP contribution in [-0.4, -0.2) is 27.3 Å². The third-order valence-corrected chi connectivity index (χ3v) is 3.15. The summed E-state index contributed by atoms with van der Waals surface area (Å²) >= 11 is 0. The number of nitrogens with zero attached hydrogens (tertiary/aromatic N) is 3. The van der Waals surface area contributed by atoms with Crippen molar-refractivity contribution in [2.75, 3.05) is 6.61 Å². The van der Waals surface area contributed by atoms with E-state index in [2.05, 4.69) is 15.4 Å². The summed E-state index contributed by atoms with van der Waals surface area (Å²) in [5.41, 5.74) is 3.41. The van der Waals surface area contributed by atoms with E-state index in [-0.39, 0.29) is 5.97 Å². The molecule has 6 heteroatoms.